The molecule has 2 rings (SSSR count). The summed E-state index contributed by atoms with van der Waals surface area (Å²) in [5.74, 6) is 0.878. The lowest BCUT2D eigenvalue weighted by Gasteiger charge is -2.22. The highest BCUT2D eigenvalue weighted by molar-refractivity contribution is 7.10. The maximum atomic E-state index is 10.1. The van der Waals surface area contributed by atoms with Crippen LogP contribution in [-0.2, 0) is 0 Å². The zero-order chi connectivity index (χ0) is 11.4. The molecular formula is C14H22OS. The van der Waals surface area contributed by atoms with E-state index in [2.05, 4.69) is 18.4 Å². The minimum Gasteiger partial charge on any atom is -0.388 e. The summed E-state index contributed by atoms with van der Waals surface area (Å²) in [6.07, 6.45) is 8.91. The van der Waals surface area contributed by atoms with E-state index in [1.54, 1.807) is 11.3 Å². The molecule has 90 valence electrons. The fraction of sp³-hybridized carbons (Fsp3) is 0.714. The first-order chi connectivity index (χ1) is 7.75. The van der Waals surface area contributed by atoms with Crippen molar-refractivity contribution in [3.8, 4) is 0 Å². The van der Waals surface area contributed by atoms with Gasteiger partial charge in [0.15, 0.2) is 0 Å². The van der Waals surface area contributed by atoms with Crippen LogP contribution < -0.4 is 0 Å². The summed E-state index contributed by atoms with van der Waals surface area (Å²) < 4.78 is 0. The largest absolute Gasteiger partial charge is 0.388 e. The van der Waals surface area contributed by atoms with Gasteiger partial charge in [0, 0.05) is 4.88 Å². The lowest BCUT2D eigenvalue weighted by Crippen LogP contribution is -2.08. The van der Waals surface area contributed by atoms with Gasteiger partial charge in [-0.05, 0) is 42.7 Å². The van der Waals surface area contributed by atoms with E-state index in [1.807, 2.05) is 0 Å². The van der Waals surface area contributed by atoms with Crippen LogP contribution >= 0.6 is 11.3 Å². The first-order valence-corrected chi connectivity index (χ1v) is 7.37. The van der Waals surface area contributed by atoms with Crippen LogP contribution in [0.4, 0.5) is 0 Å². The molecule has 0 radical (unpaired) electrons. The zero-order valence-corrected chi connectivity index (χ0v) is 10.9. The summed E-state index contributed by atoms with van der Waals surface area (Å²) in [6, 6.07) is 2.12. The molecule has 0 spiro atoms. The van der Waals surface area contributed by atoms with Crippen molar-refractivity contribution in [3.05, 3.63) is 21.9 Å². The third kappa shape index (κ3) is 3.33. The standard InChI is InChI=1S/C14H22OS/c1-11-9-13(10-16-11)14(15)8-7-12-5-3-2-4-6-12/h9-10,12,14-15H,2-8H2,1H3. The Morgan fingerprint density at radius 1 is 1.38 bits per heavy atom. The highest BCUT2D eigenvalue weighted by atomic mass is 32.1. The Bertz CT molecular complexity index is 312. The summed E-state index contributed by atoms with van der Waals surface area (Å²) in [4.78, 5) is 1.30. The van der Waals surface area contributed by atoms with E-state index >= 15 is 0 Å². The van der Waals surface area contributed by atoms with Crippen LogP contribution in [0.25, 0.3) is 0 Å². The van der Waals surface area contributed by atoms with Gasteiger partial charge in [-0.15, -0.1) is 11.3 Å². The Balaban J connectivity index is 1.76. The normalized spacial score (nSPS) is 19.9. The number of aliphatic hydroxyl groups excluding tert-OH is 1. The Hall–Kier alpha value is -0.340. The van der Waals surface area contributed by atoms with Crippen molar-refractivity contribution in [3.63, 3.8) is 0 Å². The number of thiophene rings is 1. The first kappa shape index (κ1) is 12.1. The smallest absolute Gasteiger partial charge is 0.0798 e. The number of aliphatic hydroxyl groups is 1. The fourth-order valence-electron chi connectivity index (χ4n) is 2.67. The minimum atomic E-state index is -0.230. The van der Waals surface area contributed by atoms with Crippen LogP contribution in [0.2, 0.25) is 0 Å². The van der Waals surface area contributed by atoms with Gasteiger partial charge in [-0.1, -0.05) is 32.1 Å². The maximum Gasteiger partial charge on any atom is 0.0798 e. The van der Waals surface area contributed by atoms with Crippen LogP contribution in [-0.4, -0.2) is 5.11 Å². The summed E-state index contributed by atoms with van der Waals surface area (Å²) in [7, 11) is 0. The zero-order valence-electron chi connectivity index (χ0n) is 10.1. The van der Waals surface area contributed by atoms with E-state index in [4.69, 9.17) is 0 Å². The van der Waals surface area contributed by atoms with Crippen molar-refractivity contribution in [2.24, 2.45) is 5.92 Å². The quantitative estimate of drug-likeness (QED) is 0.821. The Labute approximate surface area is 103 Å². The second-order valence-electron chi connectivity index (χ2n) is 5.09. The van der Waals surface area contributed by atoms with E-state index < -0.39 is 0 Å². The number of hydrogen-bond donors (Lipinski definition) is 1. The third-order valence-corrected chi connectivity index (χ3v) is 4.59. The van der Waals surface area contributed by atoms with Crippen molar-refractivity contribution >= 4 is 11.3 Å². The molecule has 0 saturated heterocycles. The molecule has 0 amide bonds. The highest BCUT2D eigenvalue weighted by Crippen LogP contribution is 2.31. The van der Waals surface area contributed by atoms with Crippen LogP contribution in [0.5, 0.6) is 0 Å². The second kappa shape index (κ2) is 5.83. The van der Waals surface area contributed by atoms with Crippen LogP contribution in [0, 0.1) is 12.8 Å². The lowest BCUT2D eigenvalue weighted by atomic mass is 9.85. The second-order valence-corrected chi connectivity index (χ2v) is 6.20. The molecule has 1 unspecified atom stereocenters. The molecule has 2 heteroatoms. The summed E-state index contributed by atoms with van der Waals surface area (Å²) >= 11 is 1.73. The van der Waals surface area contributed by atoms with E-state index in [9.17, 15) is 5.11 Å². The van der Waals surface area contributed by atoms with Gasteiger partial charge in [-0.3, -0.25) is 0 Å². The van der Waals surface area contributed by atoms with Crippen LogP contribution in [0.15, 0.2) is 11.4 Å². The van der Waals surface area contributed by atoms with E-state index in [1.165, 1.54) is 43.4 Å². The highest BCUT2D eigenvalue weighted by Gasteiger charge is 2.16. The fourth-order valence-corrected chi connectivity index (χ4v) is 3.43. The van der Waals surface area contributed by atoms with Crippen molar-refractivity contribution in [2.75, 3.05) is 0 Å². The average Bonchev–Trinajstić information content (AvgIpc) is 2.74. The Morgan fingerprint density at radius 2 is 2.12 bits per heavy atom. The van der Waals surface area contributed by atoms with Crippen molar-refractivity contribution in [1.82, 2.24) is 0 Å². The molecule has 0 bridgehead atoms. The molecule has 1 aromatic rings. The molecule has 1 aromatic heterocycles. The number of rotatable bonds is 4. The minimum absolute atomic E-state index is 0.230. The number of hydrogen-bond acceptors (Lipinski definition) is 2. The van der Waals surface area contributed by atoms with E-state index in [-0.39, 0.29) is 6.10 Å². The number of aryl methyl sites for hydroxylation is 1. The molecule has 0 aromatic carbocycles. The molecule has 0 aliphatic heterocycles. The summed E-state index contributed by atoms with van der Waals surface area (Å²) in [5.41, 5.74) is 1.12. The Morgan fingerprint density at radius 3 is 2.75 bits per heavy atom. The lowest BCUT2D eigenvalue weighted by molar-refractivity contribution is 0.152. The van der Waals surface area contributed by atoms with E-state index in [0.29, 0.717) is 0 Å². The van der Waals surface area contributed by atoms with Gasteiger partial charge in [-0.25, -0.2) is 0 Å². The molecule has 1 N–H and O–H groups in total. The molecule has 1 aliphatic carbocycles. The van der Waals surface area contributed by atoms with Crippen molar-refractivity contribution < 1.29 is 5.11 Å². The van der Waals surface area contributed by atoms with Gasteiger partial charge in [-0.2, -0.15) is 0 Å². The van der Waals surface area contributed by atoms with Crippen molar-refractivity contribution in [2.45, 2.75) is 58.0 Å². The molecule has 1 atom stereocenters. The molecule has 1 saturated carbocycles. The molecular weight excluding hydrogens is 216 g/mol. The maximum absolute atomic E-state index is 10.1. The Kier molecular flexibility index (Phi) is 4.42. The van der Waals surface area contributed by atoms with Gasteiger partial charge < -0.3 is 5.11 Å². The molecule has 16 heavy (non-hydrogen) atoms. The molecule has 1 aliphatic rings. The van der Waals surface area contributed by atoms with Crippen LogP contribution in [0.1, 0.15) is 61.5 Å². The first-order valence-electron chi connectivity index (χ1n) is 6.49. The van der Waals surface area contributed by atoms with Crippen LogP contribution in [0.3, 0.4) is 0 Å². The predicted octanol–water partition coefficient (Wildman–Crippen LogP) is 4.45. The van der Waals surface area contributed by atoms with Gasteiger partial charge in [0.05, 0.1) is 6.10 Å². The van der Waals surface area contributed by atoms with E-state index in [0.717, 1.165) is 17.9 Å². The summed E-state index contributed by atoms with van der Waals surface area (Å²) in [5, 5.41) is 12.2. The van der Waals surface area contributed by atoms with Crippen molar-refractivity contribution in [1.29, 1.82) is 0 Å². The third-order valence-electron chi connectivity index (χ3n) is 3.71. The topological polar surface area (TPSA) is 20.2 Å². The molecule has 1 nitrogen and oxygen atoms in total. The summed E-state index contributed by atoms with van der Waals surface area (Å²) in [6.45, 7) is 2.10. The SMILES string of the molecule is Cc1cc(C(O)CCC2CCCCC2)cs1. The van der Waals surface area contributed by atoms with Gasteiger partial charge in [0.25, 0.3) is 0 Å². The molecule has 1 heterocycles. The average molecular weight is 238 g/mol. The van der Waals surface area contributed by atoms with Gasteiger partial charge in [0.1, 0.15) is 0 Å². The van der Waals surface area contributed by atoms with Gasteiger partial charge >= 0.3 is 0 Å². The van der Waals surface area contributed by atoms with Gasteiger partial charge in [0.2, 0.25) is 0 Å². The molecule has 1 fully saturated rings. The monoisotopic (exact) mass is 238 g/mol. The predicted molar refractivity (Wildman–Crippen MR) is 69.8 cm³/mol.